The predicted octanol–water partition coefficient (Wildman–Crippen LogP) is 5.30. The van der Waals surface area contributed by atoms with E-state index in [2.05, 4.69) is 15.7 Å². The number of aryl methyl sites for hydroxylation is 2. The van der Waals surface area contributed by atoms with E-state index in [4.69, 9.17) is 0 Å². The molecule has 4 aromatic rings. The molecule has 0 radical (unpaired) electrons. The second kappa shape index (κ2) is 8.89. The van der Waals surface area contributed by atoms with Gasteiger partial charge >= 0.3 is 0 Å². The molecule has 0 aliphatic rings. The Morgan fingerprint density at radius 2 is 1.28 bits per heavy atom. The van der Waals surface area contributed by atoms with Crippen LogP contribution in [0.15, 0.2) is 78.9 Å². The van der Waals surface area contributed by atoms with E-state index in [1.54, 1.807) is 36.4 Å². The number of carbonyl (C=O) groups excluding carboxylic acids is 2. The Morgan fingerprint density at radius 1 is 0.719 bits per heavy atom. The molecule has 0 saturated carbocycles. The third kappa shape index (κ3) is 4.44. The number of nitrogens with one attached hydrogen (secondary N) is 2. The number of hydrogen-bond acceptors (Lipinski definition) is 3. The van der Waals surface area contributed by atoms with Crippen LogP contribution in [-0.2, 0) is 0 Å². The smallest absolute Gasteiger partial charge is 0.255 e. The minimum absolute atomic E-state index is 0.193. The van der Waals surface area contributed by atoms with Crippen LogP contribution in [0.4, 0.5) is 11.4 Å². The highest BCUT2D eigenvalue weighted by Gasteiger charge is 2.16. The normalized spacial score (nSPS) is 10.6. The largest absolute Gasteiger partial charge is 0.322 e. The van der Waals surface area contributed by atoms with Crippen molar-refractivity contribution in [2.24, 2.45) is 0 Å². The first kappa shape index (κ1) is 21.1. The molecule has 160 valence electrons. The lowest BCUT2D eigenvalue weighted by Gasteiger charge is -2.09. The highest BCUT2D eigenvalue weighted by atomic mass is 16.2. The van der Waals surface area contributed by atoms with Gasteiger partial charge in [-0.05, 0) is 69.3 Å². The molecular formula is C26H24N4O2. The van der Waals surface area contributed by atoms with Gasteiger partial charge in [-0.2, -0.15) is 5.10 Å². The van der Waals surface area contributed by atoms with Crippen LogP contribution in [0.5, 0.6) is 0 Å². The lowest BCUT2D eigenvalue weighted by atomic mass is 10.1. The molecule has 0 fully saturated rings. The summed E-state index contributed by atoms with van der Waals surface area (Å²) >= 11 is 0. The first-order valence-corrected chi connectivity index (χ1v) is 10.3. The zero-order chi connectivity index (χ0) is 22.7. The molecule has 3 aromatic carbocycles. The van der Waals surface area contributed by atoms with E-state index in [0.717, 1.165) is 22.6 Å². The second-order valence-electron chi connectivity index (χ2n) is 7.64. The van der Waals surface area contributed by atoms with Crippen molar-refractivity contribution in [3.63, 3.8) is 0 Å². The number of carbonyl (C=O) groups is 2. The van der Waals surface area contributed by atoms with Crippen LogP contribution < -0.4 is 10.6 Å². The van der Waals surface area contributed by atoms with Crippen LogP contribution in [0.1, 0.15) is 37.7 Å². The molecule has 0 spiro atoms. The molecule has 0 bridgehead atoms. The fraction of sp³-hybridized carbons (Fsp3) is 0.115. The van der Waals surface area contributed by atoms with Crippen molar-refractivity contribution in [1.29, 1.82) is 0 Å². The molecule has 0 aliphatic carbocycles. The monoisotopic (exact) mass is 424 g/mol. The summed E-state index contributed by atoms with van der Waals surface area (Å²) in [5.41, 5.74) is 6.00. The molecule has 1 aromatic heterocycles. The van der Waals surface area contributed by atoms with E-state index in [-0.39, 0.29) is 11.8 Å². The van der Waals surface area contributed by atoms with Crippen LogP contribution in [0.25, 0.3) is 5.69 Å². The SMILES string of the molecule is Cc1ccc(C(=O)Nc2ccc(C(=O)Nc3c(C)nn(-c4ccccc4)c3C)cc2)cc1. The fourth-order valence-corrected chi connectivity index (χ4v) is 3.44. The van der Waals surface area contributed by atoms with Gasteiger partial charge < -0.3 is 10.6 Å². The first-order chi connectivity index (χ1) is 15.4. The zero-order valence-corrected chi connectivity index (χ0v) is 18.2. The van der Waals surface area contributed by atoms with Crippen LogP contribution in [0.2, 0.25) is 0 Å². The van der Waals surface area contributed by atoms with E-state index in [1.807, 2.05) is 67.9 Å². The van der Waals surface area contributed by atoms with E-state index >= 15 is 0 Å². The lowest BCUT2D eigenvalue weighted by Crippen LogP contribution is -2.14. The molecule has 2 amide bonds. The minimum Gasteiger partial charge on any atom is -0.322 e. The molecule has 0 aliphatic heterocycles. The number of aromatic nitrogens is 2. The van der Waals surface area contributed by atoms with Crippen molar-refractivity contribution < 1.29 is 9.59 Å². The van der Waals surface area contributed by atoms with Gasteiger partial charge in [-0.3, -0.25) is 9.59 Å². The number of rotatable bonds is 5. The summed E-state index contributed by atoms with van der Waals surface area (Å²) < 4.78 is 1.81. The maximum Gasteiger partial charge on any atom is 0.255 e. The van der Waals surface area contributed by atoms with Crippen molar-refractivity contribution in [2.45, 2.75) is 20.8 Å². The van der Waals surface area contributed by atoms with Gasteiger partial charge in [0.05, 0.1) is 22.8 Å². The standard InChI is InChI=1S/C26H24N4O2/c1-17-9-11-20(12-10-17)25(31)27-22-15-13-21(14-16-22)26(32)28-24-18(2)29-30(19(24)3)23-7-5-4-6-8-23/h4-16H,1-3H3,(H,27,31)(H,28,32). The van der Waals surface area contributed by atoms with Crippen molar-refractivity contribution in [2.75, 3.05) is 10.6 Å². The van der Waals surface area contributed by atoms with Crippen molar-refractivity contribution in [3.05, 3.63) is 107 Å². The van der Waals surface area contributed by atoms with Crippen LogP contribution >= 0.6 is 0 Å². The van der Waals surface area contributed by atoms with Crippen LogP contribution in [0, 0.1) is 20.8 Å². The summed E-state index contributed by atoms with van der Waals surface area (Å²) in [4.78, 5) is 25.2. The summed E-state index contributed by atoms with van der Waals surface area (Å²) in [6.07, 6.45) is 0. The highest BCUT2D eigenvalue weighted by Crippen LogP contribution is 2.23. The van der Waals surface area contributed by atoms with Gasteiger partial charge in [0.2, 0.25) is 0 Å². The number of amides is 2. The molecule has 4 rings (SSSR count). The summed E-state index contributed by atoms with van der Waals surface area (Å²) in [7, 11) is 0. The Balaban J connectivity index is 1.46. The van der Waals surface area contributed by atoms with E-state index in [0.29, 0.717) is 22.5 Å². The van der Waals surface area contributed by atoms with Crippen LogP contribution in [0.3, 0.4) is 0 Å². The number of hydrogen-bond donors (Lipinski definition) is 2. The summed E-state index contributed by atoms with van der Waals surface area (Å²) in [6, 6.07) is 23.9. The number of anilines is 2. The first-order valence-electron chi connectivity index (χ1n) is 10.3. The summed E-state index contributed by atoms with van der Waals surface area (Å²) in [5, 5.41) is 10.4. The van der Waals surface area contributed by atoms with Gasteiger partial charge in [0, 0.05) is 16.8 Å². The van der Waals surface area contributed by atoms with E-state index in [9.17, 15) is 9.59 Å². The Morgan fingerprint density at radius 3 is 1.91 bits per heavy atom. The molecule has 0 atom stereocenters. The average Bonchev–Trinajstić information content (AvgIpc) is 3.09. The third-order valence-corrected chi connectivity index (χ3v) is 5.25. The van der Waals surface area contributed by atoms with Gasteiger partial charge in [0.1, 0.15) is 0 Å². The van der Waals surface area contributed by atoms with E-state index in [1.165, 1.54) is 0 Å². The molecule has 2 N–H and O–H groups in total. The molecule has 6 heteroatoms. The molecule has 6 nitrogen and oxygen atoms in total. The minimum atomic E-state index is -0.236. The molecule has 0 unspecified atom stereocenters. The second-order valence-corrected chi connectivity index (χ2v) is 7.64. The number of benzene rings is 3. The highest BCUT2D eigenvalue weighted by molar-refractivity contribution is 6.06. The Kier molecular flexibility index (Phi) is 5.85. The topological polar surface area (TPSA) is 76.0 Å². The lowest BCUT2D eigenvalue weighted by molar-refractivity contribution is 0.102. The molecule has 1 heterocycles. The van der Waals surface area contributed by atoms with Crippen molar-refractivity contribution in [3.8, 4) is 5.69 Å². The maximum atomic E-state index is 12.8. The molecule has 32 heavy (non-hydrogen) atoms. The molecule has 0 saturated heterocycles. The third-order valence-electron chi connectivity index (χ3n) is 5.25. The van der Waals surface area contributed by atoms with Crippen molar-refractivity contribution >= 4 is 23.2 Å². The Hall–Kier alpha value is -4.19. The van der Waals surface area contributed by atoms with Gasteiger partial charge in [-0.1, -0.05) is 35.9 Å². The number of para-hydroxylation sites is 1. The van der Waals surface area contributed by atoms with Gasteiger partial charge in [0.15, 0.2) is 0 Å². The Bertz CT molecular complexity index is 1260. The Labute approximate surface area is 186 Å². The average molecular weight is 425 g/mol. The van der Waals surface area contributed by atoms with Gasteiger partial charge in [-0.15, -0.1) is 0 Å². The van der Waals surface area contributed by atoms with Crippen LogP contribution in [-0.4, -0.2) is 21.6 Å². The maximum absolute atomic E-state index is 12.8. The predicted molar refractivity (Wildman–Crippen MR) is 127 cm³/mol. The van der Waals surface area contributed by atoms with Gasteiger partial charge in [0.25, 0.3) is 11.8 Å². The summed E-state index contributed by atoms with van der Waals surface area (Å²) in [5.74, 6) is -0.429. The van der Waals surface area contributed by atoms with Gasteiger partial charge in [-0.25, -0.2) is 4.68 Å². The zero-order valence-electron chi connectivity index (χ0n) is 18.2. The number of nitrogens with zero attached hydrogens (tertiary/aromatic N) is 2. The quantitative estimate of drug-likeness (QED) is 0.456. The fourth-order valence-electron chi connectivity index (χ4n) is 3.44. The van der Waals surface area contributed by atoms with Crippen molar-refractivity contribution in [1.82, 2.24) is 9.78 Å². The van der Waals surface area contributed by atoms with E-state index < -0.39 is 0 Å². The molecular weight excluding hydrogens is 400 g/mol. The summed E-state index contributed by atoms with van der Waals surface area (Å²) in [6.45, 7) is 5.76.